The topological polar surface area (TPSA) is 105 Å². The first-order valence-corrected chi connectivity index (χ1v) is 11.0. The van der Waals surface area contributed by atoms with Crippen molar-refractivity contribution in [2.75, 3.05) is 38.6 Å². The third kappa shape index (κ3) is 3.64. The van der Waals surface area contributed by atoms with E-state index in [1.54, 1.807) is 42.0 Å². The second-order valence-corrected chi connectivity index (χ2v) is 9.15. The molecule has 2 saturated heterocycles. The Morgan fingerprint density at radius 2 is 1.91 bits per heavy atom. The van der Waals surface area contributed by atoms with E-state index in [0.29, 0.717) is 59.6 Å². The second kappa shape index (κ2) is 7.87. The predicted molar refractivity (Wildman–Crippen MR) is 123 cm³/mol. The summed E-state index contributed by atoms with van der Waals surface area (Å²) < 4.78 is 6.86. The predicted octanol–water partition coefficient (Wildman–Crippen LogP) is 2.71. The first kappa shape index (κ1) is 21.4. The van der Waals surface area contributed by atoms with Crippen LogP contribution < -0.4 is 10.1 Å². The van der Waals surface area contributed by atoms with E-state index in [2.05, 4.69) is 20.3 Å². The van der Waals surface area contributed by atoms with E-state index < -0.39 is 0 Å². The van der Waals surface area contributed by atoms with Gasteiger partial charge in [0, 0.05) is 44.7 Å². The molecule has 5 heterocycles. The average molecular weight is 470 g/mol. The summed E-state index contributed by atoms with van der Waals surface area (Å²) in [6.07, 6.45) is 3.85. The van der Waals surface area contributed by atoms with Crippen molar-refractivity contribution in [2.24, 2.45) is 12.5 Å². The molecule has 172 valence electrons. The zero-order chi connectivity index (χ0) is 23.3. The molecule has 0 radical (unpaired) electrons. The number of aromatic nitrogens is 4. The summed E-state index contributed by atoms with van der Waals surface area (Å²) in [6, 6.07) is 3.36. The van der Waals surface area contributed by atoms with Crippen LogP contribution in [0.3, 0.4) is 0 Å². The maximum absolute atomic E-state index is 13.1. The standard InChI is InChI=1S/C22H24ClN7O3/c1-13-6-17(33-3)24-8-15(13)27-21(32)29-5-4-22(9-29)10-30(11-22)20(31)16-7-14-18(23)25-12-26-19(14)28(16)2/h6-8,12H,4-5,9-11H2,1-3H3,(H,27,32). The van der Waals surface area contributed by atoms with Gasteiger partial charge >= 0.3 is 6.03 Å². The van der Waals surface area contributed by atoms with E-state index in [1.807, 2.05) is 11.8 Å². The zero-order valence-electron chi connectivity index (χ0n) is 18.6. The molecule has 2 aliphatic heterocycles. The molecule has 0 aromatic carbocycles. The number of hydrogen-bond acceptors (Lipinski definition) is 6. The van der Waals surface area contributed by atoms with Crippen LogP contribution in [0.5, 0.6) is 5.88 Å². The minimum Gasteiger partial charge on any atom is -0.481 e. The van der Waals surface area contributed by atoms with E-state index in [1.165, 1.54) is 6.33 Å². The maximum Gasteiger partial charge on any atom is 0.321 e. The Balaban J connectivity index is 1.22. The van der Waals surface area contributed by atoms with Crippen LogP contribution in [0.15, 0.2) is 24.7 Å². The number of likely N-dealkylation sites (tertiary alicyclic amines) is 2. The minimum atomic E-state index is -0.159. The highest BCUT2D eigenvalue weighted by Crippen LogP contribution is 2.40. The molecule has 0 unspecified atom stereocenters. The third-order valence-electron chi connectivity index (χ3n) is 6.60. The van der Waals surface area contributed by atoms with Crippen molar-refractivity contribution >= 4 is 40.3 Å². The third-order valence-corrected chi connectivity index (χ3v) is 6.90. The van der Waals surface area contributed by atoms with Crippen molar-refractivity contribution in [3.63, 3.8) is 0 Å². The molecule has 11 heteroatoms. The van der Waals surface area contributed by atoms with Crippen molar-refractivity contribution in [3.8, 4) is 5.88 Å². The molecular weight excluding hydrogens is 446 g/mol. The van der Waals surface area contributed by atoms with Crippen LogP contribution in [-0.4, -0.2) is 74.5 Å². The number of carbonyl (C=O) groups is 2. The van der Waals surface area contributed by atoms with Gasteiger partial charge in [0.25, 0.3) is 5.91 Å². The van der Waals surface area contributed by atoms with Crippen LogP contribution >= 0.6 is 11.6 Å². The molecule has 1 N–H and O–H groups in total. The van der Waals surface area contributed by atoms with Gasteiger partial charge in [-0.3, -0.25) is 4.79 Å². The fraction of sp³-hybridized carbons (Fsp3) is 0.409. The molecule has 10 nitrogen and oxygen atoms in total. The molecule has 2 fully saturated rings. The summed E-state index contributed by atoms with van der Waals surface area (Å²) in [5, 5.41) is 3.92. The van der Waals surface area contributed by atoms with Gasteiger partial charge in [0.15, 0.2) is 0 Å². The number of amides is 3. The number of methoxy groups -OCH3 is 1. The number of urea groups is 1. The summed E-state index contributed by atoms with van der Waals surface area (Å²) in [5.41, 5.74) is 2.62. The minimum absolute atomic E-state index is 0.0672. The summed E-state index contributed by atoms with van der Waals surface area (Å²) in [7, 11) is 3.35. The fourth-order valence-electron chi connectivity index (χ4n) is 4.71. The first-order valence-electron chi connectivity index (χ1n) is 10.6. The number of anilines is 1. The first-order chi connectivity index (χ1) is 15.8. The van der Waals surface area contributed by atoms with Crippen LogP contribution in [0.1, 0.15) is 22.5 Å². The second-order valence-electron chi connectivity index (χ2n) is 8.79. The molecule has 3 aromatic heterocycles. The smallest absolute Gasteiger partial charge is 0.321 e. The Hall–Kier alpha value is -3.40. The van der Waals surface area contributed by atoms with Gasteiger partial charge in [0.1, 0.15) is 22.8 Å². The van der Waals surface area contributed by atoms with E-state index in [-0.39, 0.29) is 17.4 Å². The Morgan fingerprint density at radius 1 is 1.15 bits per heavy atom. The molecule has 0 saturated carbocycles. The summed E-state index contributed by atoms with van der Waals surface area (Å²) >= 11 is 6.16. The van der Waals surface area contributed by atoms with E-state index in [9.17, 15) is 9.59 Å². The van der Waals surface area contributed by atoms with Crippen LogP contribution in [0.25, 0.3) is 11.0 Å². The van der Waals surface area contributed by atoms with Gasteiger partial charge in [-0.15, -0.1) is 0 Å². The summed E-state index contributed by atoms with van der Waals surface area (Å²) in [6.45, 7) is 4.37. The highest BCUT2D eigenvalue weighted by Gasteiger charge is 2.50. The molecular formula is C22H24ClN7O3. The lowest BCUT2D eigenvalue weighted by Gasteiger charge is -2.47. The van der Waals surface area contributed by atoms with E-state index >= 15 is 0 Å². The quantitative estimate of drug-likeness (QED) is 0.591. The Bertz CT molecular complexity index is 1270. The highest BCUT2D eigenvalue weighted by molar-refractivity contribution is 6.34. The van der Waals surface area contributed by atoms with Gasteiger partial charge in [-0.1, -0.05) is 11.6 Å². The van der Waals surface area contributed by atoms with Crippen LogP contribution in [-0.2, 0) is 7.05 Å². The lowest BCUT2D eigenvalue weighted by atomic mass is 9.79. The highest BCUT2D eigenvalue weighted by atomic mass is 35.5. The van der Waals surface area contributed by atoms with Crippen LogP contribution in [0.2, 0.25) is 5.15 Å². The fourth-order valence-corrected chi connectivity index (χ4v) is 4.90. The number of nitrogens with one attached hydrogen (secondary N) is 1. The number of ether oxygens (including phenoxy) is 1. The summed E-state index contributed by atoms with van der Waals surface area (Å²) in [5.74, 6) is 0.435. The summed E-state index contributed by atoms with van der Waals surface area (Å²) in [4.78, 5) is 41.9. The molecule has 3 aromatic rings. The lowest BCUT2D eigenvalue weighted by Crippen LogP contribution is -2.60. The molecule has 33 heavy (non-hydrogen) atoms. The number of pyridine rings is 1. The van der Waals surface area contributed by atoms with Crippen molar-refractivity contribution < 1.29 is 14.3 Å². The Labute approximate surface area is 195 Å². The SMILES string of the molecule is COc1cc(C)c(NC(=O)N2CCC3(C2)CN(C(=O)c2cc4c(Cl)ncnc4n2C)C3)cn1. The molecule has 0 atom stereocenters. The monoisotopic (exact) mass is 469 g/mol. The molecule has 2 aliphatic rings. The zero-order valence-corrected chi connectivity index (χ0v) is 19.4. The van der Waals surface area contributed by atoms with Gasteiger partial charge in [-0.05, 0) is 25.0 Å². The number of aryl methyl sites for hydroxylation is 2. The number of halogens is 1. The molecule has 0 bridgehead atoms. The molecule has 1 spiro atoms. The number of nitrogens with zero attached hydrogens (tertiary/aromatic N) is 6. The number of carbonyl (C=O) groups excluding carboxylic acids is 2. The van der Waals surface area contributed by atoms with Crippen LogP contribution in [0, 0.1) is 12.3 Å². The normalized spacial score (nSPS) is 16.8. The van der Waals surface area contributed by atoms with Gasteiger partial charge in [-0.25, -0.2) is 19.7 Å². The van der Waals surface area contributed by atoms with E-state index in [0.717, 1.165) is 12.0 Å². The number of hydrogen-bond donors (Lipinski definition) is 1. The van der Waals surface area contributed by atoms with Crippen molar-refractivity contribution in [1.29, 1.82) is 0 Å². The van der Waals surface area contributed by atoms with Crippen molar-refractivity contribution in [1.82, 2.24) is 29.3 Å². The maximum atomic E-state index is 13.1. The number of rotatable bonds is 3. The molecule has 0 aliphatic carbocycles. The van der Waals surface area contributed by atoms with Gasteiger partial charge in [-0.2, -0.15) is 0 Å². The molecule has 3 amide bonds. The van der Waals surface area contributed by atoms with Crippen molar-refractivity contribution in [2.45, 2.75) is 13.3 Å². The largest absolute Gasteiger partial charge is 0.481 e. The Morgan fingerprint density at radius 3 is 2.61 bits per heavy atom. The van der Waals surface area contributed by atoms with E-state index in [4.69, 9.17) is 16.3 Å². The van der Waals surface area contributed by atoms with Gasteiger partial charge < -0.3 is 24.4 Å². The van der Waals surface area contributed by atoms with Crippen molar-refractivity contribution in [3.05, 3.63) is 41.1 Å². The van der Waals surface area contributed by atoms with Crippen LogP contribution in [0.4, 0.5) is 10.5 Å². The average Bonchev–Trinajstić information content (AvgIpc) is 3.37. The molecule has 5 rings (SSSR count). The lowest BCUT2D eigenvalue weighted by molar-refractivity contribution is 0.0118. The Kier molecular flexibility index (Phi) is 5.12. The van der Waals surface area contributed by atoms with Gasteiger partial charge in [0.05, 0.1) is 24.4 Å². The number of fused-ring (bicyclic) bond motifs is 1. The van der Waals surface area contributed by atoms with Gasteiger partial charge in [0.2, 0.25) is 5.88 Å².